The van der Waals surface area contributed by atoms with Crippen LogP contribution in [0.15, 0.2) is 29.2 Å². The molecule has 10 nitrogen and oxygen atoms in total. The number of hydrogen-bond acceptors (Lipinski definition) is 6. The highest BCUT2D eigenvalue weighted by Gasteiger charge is 2.42. The van der Waals surface area contributed by atoms with E-state index in [9.17, 15) is 36.5 Å². The van der Waals surface area contributed by atoms with Gasteiger partial charge in [0.1, 0.15) is 0 Å². The van der Waals surface area contributed by atoms with Gasteiger partial charge in [-0.15, -0.1) is 0 Å². The van der Waals surface area contributed by atoms with Crippen LogP contribution in [0.3, 0.4) is 0 Å². The molecule has 0 atom stereocenters. The molecule has 202 valence electrons. The summed E-state index contributed by atoms with van der Waals surface area (Å²) in [6.45, 7) is 0.638. The van der Waals surface area contributed by atoms with Crippen molar-refractivity contribution in [1.82, 2.24) is 19.4 Å². The number of halogens is 4. The molecule has 2 heterocycles. The van der Waals surface area contributed by atoms with Gasteiger partial charge in [0.05, 0.1) is 20.5 Å². The first-order valence-electron chi connectivity index (χ1n) is 11.8. The quantitative estimate of drug-likeness (QED) is 0.279. The smallest absolute Gasteiger partial charge is 0.356 e. The van der Waals surface area contributed by atoms with Gasteiger partial charge in [0, 0.05) is 50.1 Å². The zero-order valence-corrected chi connectivity index (χ0v) is 21.2. The Morgan fingerprint density at radius 1 is 1.16 bits per heavy atom. The number of aryl methyl sites for hydroxylation is 1. The average molecular weight is 564 g/mol. The van der Waals surface area contributed by atoms with Crippen LogP contribution in [0.4, 0.5) is 18.9 Å². The average Bonchev–Trinajstić information content (AvgIpc) is 3.63. The van der Waals surface area contributed by atoms with Gasteiger partial charge in [-0.25, -0.2) is 8.42 Å². The molecule has 0 radical (unpaired) electrons. The molecular formula is C22H25ClF3N5O5S. The van der Waals surface area contributed by atoms with Crippen LogP contribution in [-0.2, 0) is 27.5 Å². The van der Waals surface area contributed by atoms with Crippen LogP contribution < -0.4 is 5.32 Å². The lowest BCUT2D eigenvalue weighted by molar-refractivity contribution is -0.384. The fraction of sp³-hybridized carbons (Fsp3) is 0.545. The Kier molecular flexibility index (Phi) is 7.81. The summed E-state index contributed by atoms with van der Waals surface area (Å²) in [6.07, 6.45) is -2.16. The summed E-state index contributed by atoms with van der Waals surface area (Å²) in [5, 5.41) is 16.9. The summed E-state index contributed by atoms with van der Waals surface area (Å²) in [4.78, 5) is 22.7. The van der Waals surface area contributed by atoms with E-state index in [-0.39, 0.29) is 53.6 Å². The highest BCUT2D eigenvalue weighted by atomic mass is 35.5. The molecule has 0 bridgehead atoms. The molecule has 1 aromatic heterocycles. The minimum absolute atomic E-state index is 0.0295. The summed E-state index contributed by atoms with van der Waals surface area (Å²) < 4.78 is 67.7. The van der Waals surface area contributed by atoms with Crippen molar-refractivity contribution in [3.8, 4) is 0 Å². The number of nitrogens with one attached hydrogen (secondary N) is 1. The molecule has 1 aliphatic heterocycles. The molecule has 1 aromatic carbocycles. The van der Waals surface area contributed by atoms with Gasteiger partial charge in [-0.1, -0.05) is 11.6 Å². The van der Waals surface area contributed by atoms with Gasteiger partial charge in [-0.3, -0.25) is 19.6 Å². The number of nitro benzene ring substituents is 1. The van der Waals surface area contributed by atoms with Crippen molar-refractivity contribution < 1.29 is 31.3 Å². The monoisotopic (exact) mass is 563 g/mol. The van der Waals surface area contributed by atoms with Crippen LogP contribution in [0.2, 0.25) is 5.02 Å². The molecule has 0 unspecified atom stereocenters. The summed E-state index contributed by atoms with van der Waals surface area (Å²) in [6, 6.07) is 4.63. The molecule has 2 aliphatic rings. The Hall–Kier alpha value is -2.71. The van der Waals surface area contributed by atoms with E-state index in [0.717, 1.165) is 25.0 Å². The molecule has 1 saturated heterocycles. The number of non-ortho nitro benzene ring substituents is 1. The van der Waals surface area contributed by atoms with Crippen molar-refractivity contribution in [2.45, 2.75) is 55.6 Å². The van der Waals surface area contributed by atoms with E-state index < -0.39 is 32.7 Å². The number of sulfonamides is 1. The lowest BCUT2D eigenvalue weighted by Gasteiger charge is -2.30. The van der Waals surface area contributed by atoms with Crippen LogP contribution in [-0.4, -0.2) is 53.0 Å². The standard InChI is InChI=1S/C22H25ClF3N5O5S/c23-18-19(14-2-3-14)30(28-20(18)22(24,25)26)11-1-10-27-21(32)15-8-12-29(13-9-15)37(35,36)17-6-4-16(5-7-17)31(33)34/h4-7,14-15H,1-3,8-13H2,(H,27,32). The SMILES string of the molecule is O=C(NCCCn1nc(C(F)(F)F)c(Cl)c1C1CC1)C1CCN(S(=O)(=O)c2ccc([N+](=O)[O-])cc2)CC1. The summed E-state index contributed by atoms with van der Waals surface area (Å²) in [7, 11) is -3.84. The number of rotatable bonds is 9. The number of nitrogens with zero attached hydrogens (tertiary/aromatic N) is 4. The fourth-order valence-electron chi connectivity index (χ4n) is 4.38. The van der Waals surface area contributed by atoms with Gasteiger partial charge in [-0.2, -0.15) is 22.6 Å². The van der Waals surface area contributed by atoms with Crippen LogP contribution >= 0.6 is 11.6 Å². The number of alkyl halides is 3. The molecule has 1 aliphatic carbocycles. The molecule has 2 aromatic rings. The second-order valence-corrected chi connectivity index (χ2v) is 11.4. The van der Waals surface area contributed by atoms with Gasteiger partial charge >= 0.3 is 6.18 Å². The number of carbonyl (C=O) groups is 1. The van der Waals surface area contributed by atoms with Crippen molar-refractivity contribution in [2.24, 2.45) is 5.92 Å². The van der Waals surface area contributed by atoms with Crippen molar-refractivity contribution in [1.29, 1.82) is 0 Å². The highest BCUT2D eigenvalue weighted by molar-refractivity contribution is 7.89. The van der Waals surface area contributed by atoms with E-state index in [1.165, 1.54) is 21.1 Å². The number of benzene rings is 1. The van der Waals surface area contributed by atoms with Gasteiger partial charge in [0.15, 0.2) is 5.69 Å². The number of carbonyl (C=O) groups excluding carboxylic acids is 1. The summed E-state index contributed by atoms with van der Waals surface area (Å²) >= 11 is 5.97. The number of aromatic nitrogens is 2. The normalized spacial score (nSPS) is 17.6. The lowest BCUT2D eigenvalue weighted by Crippen LogP contribution is -2.43. The van der Waals surface area contributed by atoms with E-state index in [1.54, 1.807) is 0 Å². The van der Waals surface area contributed by atoms with Crippen molar-refractivity contribution in [3.63, 3.8) is 0 Å². The second-order valence-electron chi connectivity index (χ2n) is 9.12. The van der Waals surface area contributed by atoms with Crippen LogP contribution in [0, 0.1) is 16.0 Å². The molecule has 2 fully saturated rings. The first-order valence-corrected chi connectivity index (χ1v) is 13.6. The first kappa shape index (κ1) is 27.3. The minimum Gasteiger partial charge on any atom is -0.356 e. The Labute approximate surface area is 216 Å². The molecule has 0 spiro atoms. The molecule has 1 N–H and O–H groups in total. The van der Waals surface area contributed by atoms with Crippen LogP contribution in [0.25, 0.3) is 0 Å². The maximum Gasteiger partial charge on any atom is 0.436 e. The molecule has 1 amide bonds. The molecule has 37 heavy (non-hydrogen) atoms. The van der Waals surface area contributed by atoms with E-state index >= 15 is 0 Å². The van der Waals surface area contributed by atoms with Gasteiger partial charge in [0.25, 0.3) is 5.69 Å². The second kappa shape index (κ2) is 10.6. The predicted octanol–water partition coefficient (Wildman–Crippen LogP) is 3.95. The van der Waals surface area contributed by atoms with E-state index in [4.69, 9.17) is 11.6 Å². The van der Waals surface area contributed by atoms with E-state index in [1.807, 2.05) is 0 Å². The van der Waals surface area contributed by atoms with E-state index in [0.29, 0.717) is 25.0 Å². The summed E-state index contributed by atoms with van der Waals surface area (Å²) in [5.41, 5.74) is -0.910. The zero-order chi connectivity index (χ0) is 27.0. The molecular weight excluding hydrogens is 539 g/mol. The third kappa shape index (κ3) is 6.07. The Balaban J connectivity index is 1.26. The topological polar surface area (TPSA) is 127 Å². The van der Waals surface area contributed by atoms with Gasteiger partial charge in [-0.05, 0) is 44.2 Å². The Bertz CT molecular complexity index is 1270. The maximum atomic E-state index is 13.2. The molecule has 4 rings (SSSR count). The predicted molar refractivity (Wildman–Crippen MR) is 126 cm³/mol. The number of nitro groups is 1. The Morgan fingerprint density at radius 3 is 2.32 bits per heavy atom. The Morgan fingerprint density at radius 2 is 1.78 bits per heavy atom. The number of hydrogen-bond donors (Lipinski definition) is 1. The summed E-state index contributed by atoms with van der Waals surface area (Å²) in [5.74, 6) is -0.677. The van der Waals surface area contributed by atoms with Crippen molar-refractivity contribution in [3.05, 3.63) is 50.8 Å². The minimum atomic E-state index is -4.64. The highest BCUT2D eigenvalue weighted by Crippen LogP contribution is 2.46. The van der Waals surface area contributed by atoms with Crippen LogP contribution in [0.1, 0.15) is 49.4 Å². The third-order valence-corrected chi connectivity index (χ3v) is 8.81. The molecule has 15 heteroatoms. The maximum absolute atomic E-state index is 13.2. The molecule has 1 saturated carbocycles. The van der Waals surface area contributed by atoms with E-state index in [2.05, 4.69) is 10.4 Å². The van der Waals surface area contributed by atoms with Gasteiger partial charge in [0.2, 0.25) is 15.9 Å². The number of amides is 1. The first-order chi connectivity index (χ1) is 17.4. The number of piperidine rings is 1. The largest absolute Gasteiger partial charge is 0.436 e. The lowest BCUT2D eigenvalue weighted by atomic mass is 9.97. The third-order valence-electron chi connectivity index (χ3n) is 6.52. The van der Waals surface area contributed by atoms with Crippen molar-refractivity contribution >= 4 is 33.2 Å². The van der Waals surface area contributed by atoms with Gasteiger partial charge < -0.3 is 5.32 Å². The zero-order valence-electron chi connectivity index (χ0n) is 19.6. The van der Waals surface area contributed by atoms with Crippen molar-refractivity contribution in [2.75, 3.05) is 19.6 Å². The fourth-order valence-corrected chi connectivity index (χ4v) is 6.25. The van der Waals surface area contributed by atoms with Crippen LogP contribution in [0.5, 0.6) is 0 Å².